The smallest absolute Gasteiger partial charge is 0.374 e. The van der Waals surface area contributed by atoms with Gasteiger partial charge in [0.25, 0.3) is 11.5 Å². The molecule has 0 saturated heterocycles. The third-order valence-corrected chi connectivity index (χ3v) is 6.70. The molecule has 3 aromatic rings. The van der Waals surface area contributed by atoms with Gasteiger partial charge in [-0.15, -0.1) is 5.10 Å². The maximum Gasteiger partial charge on any atom is 0.435 e. The maximum absolute atomic E-state index is 14.2. The van der Waals surface area contributed by atoms with E-state index in [1.807, 2.05) is 0 Å². The summed E-state index contributed by atoms with van der Waals surface area (Å²) < 4.78 is 95.2. The lowest BCUT2D eigenvalue weighted by Crippen LogP contribution is -2.42. The van der Waals surface area contributed by atoms with Gasteiger partial charge in [0.2, 0.25) is 5.95 Å². The minimum Gasteiger partial charge on any atom is -0.374 e. The number of halogens is 9. The van der Waals surface area contributed by atoms with Crippen LogP contribution >= 0.6 is 23.2 Å². The van der Waals surface area contributed by atoms with E-state index in [1.54, 1.807) is 0 Å². The molecule has 1 N–H and O–H groups in total. The second-order valence-corrected chi connectivity index (χ2v) is 9.77. The number of carbonyl (C=O) groups excluding carboxylic acids is 1. The third kappa shape index (κ3) is 5.87. The van der Waals surface area contributed by atoms with Gasteiger partial charge >= 0.3 is 12.4 Å². The van der Waals surface area contributed by atoms with Crippen LogP contribution in [0, 0.1) is 12.7 Å². The van der Waals surface area contributed by atoms with Crippen molar-refractivity contribution in [2.75, 3.05) is 5.32 Å². The fourth-order valence-corrected chi connectivity index (χ4v) is 4.54. The second-order valence-electron chi connectivity index (χ2n) is 8.96. The Bertz CT molecular complexity index is 1480. The summed E-state index contributed by atoms with van der Waals surface area (Å²) in [4.78, 5) is 21.6. The van der Waals surface area contributed by atoms with Crippen LogP contribution in [-0.2, 0) is 23.9 Å². The number of oxime groups is 1. The number of nitrogens with one attached hydrogen (secondary N) is 1. The zero-order chi connectivity index (χ0) is 29.6. The molecule has 16 heteroatoms. The van der Waals surface area contributed by atoms with Gasteiger partial charge in [0, 0.05) is 31.0 Å². The molecule has 0 radical (unpaired) electrons. The minimum atomic E-state index is -4.99. The monoisotopic (exact) mass is 611 g/mol. The van der Waals surface area contributed by atoms with Crippen LogP contribution in [0.25, 0.3) is 0 Å². The highest BCUT2D eigenvalue weighted by Crippen LogP contribution is 2.50. The molecule has 1 atom stereocenters. The summed E-state index contributed by atoms with van der Waals surface area (Å²) in [6, 6.07) is 5.63. The number of aryl methyl sites for hydroxylation is 3. The van der Waals surface area contributed by atoms with Crippen molar-refractivity contribution in [2.45, 2.75) is 44.1 Å². The number of hydrogen-bond donors (Lipinski definition) is 1. The normalized spacial score (nSPS) is 17.5. The standard InChI is InChI=1S/C24H18Cl2F7N5O2/c1-11-7-12(3-4-14(11)20(39)35-21-34-18(38(2)36-21)5-6-23(28,29)30)17-10-22(40-37-17,24(31,32)33)13-8-15(25)19(27)16(26)9-13/h3-4,7-9H,5-6,10H2,1-2H3,(H,35,36,39). The maximum atomic E-state index is 14.2. The number of anilines is 1. The van der Waals surface area contributed by atoms with Crippen molar-refractivity contribution in [1.82, 2.24) is 14.8 Å². The molecule has 1 amide bonds. The zero-order valence-electron chi connectivity index (χ0n) is 20.5. The lowest BCUT2D eigenvalue weighted by atomic mass is 9.86. The number of amides is 1. The number of aromatic nitrogens is 3. The van der Waals surface area contributed by atoms with Crippen LogP contribution in [0.15, 0.2) is 35.5 Å². The Morgan fingerprint density at radius 2 is 1.77 bits per heavy atom. The Morgan fingerprint density at radius 1 is 1.12 bits per heavy atom. The first-order valence-corrected chi connectivity index (χ1v) is 12.1. The summed E-state index contributed by atoms with van der Waals surface area (Å²) >= 11 is 11.4. The molecule has 0 aliphatic carbocycles. The summed E-state index contributed by atoms with van der Waals surface area (Å²) in [5.74, 6) is -1.97. The van der Waals surface area contributed by atoms with Crippen LogP contribution in [0.1, 0.15) is 45.7 Å². The van der Waals surface area contributed by atoms with Crippen molar-refractivity contribution < 1.29 is 40.4 Å². The van der Waals surface area contributed by atoms with Gasteiger partial charge in [-0.25, -0.2) is 4.39 Å². The number of nitrogens with zero attached hydrogens (tertiary/aromatic N) is 4. The van der Waals surface area contributed by atoms with Crippen LogP contribution in [-0.4, -0.2) is 38.7 Å². The molecule has 2 aromatic carbocycles. The summed E-state index contributed by atoms with van der Waals surface area (Å²) in [6.07, 6.45) is -11.7. The van der Waals surface area contributed by atoms with E-state index in [-0.39, 0.29) is 28.6 Å². The molecule has 2 heterocycles. The molecular formula is C24H18Cl2F7N5O2. The van der Waals surface area contributed by atoms with Gasteiger partial charge in [-0.1, -0.05) is 34.4 Å². The van der Waals surface area contributed by atoms with Gasteiger partial charge in [0.05, 0.1) is 22.2 Å². The van der Waals surface area contributed by atoms with Crippen LogP contribution in [0.2, 0.25) is 10.0 Å². The van der Waals surface area contributed by atoms with Crippen molar-refractivity contribution in [3.05, 3.63) is 74.3 Å². The topological polar surface area (TPSA) is 81.4 Å². The zero-order valence-corrected chi connectivity index (χ0v) is 22.0. The Labute approximate surface area is 231 Å². The van der Waals surface area contributed by atoms with Crippen LogP contribution in [0.4, 0.5) is 36.7 Å². The van der Waals surface area contributed by atoms with Crippen LogP contribution < -0.4 is 5.32 Å². The minimum absolute atomic E-state index is 0.0100. The fraction of sp³-hybridized carbons (Fsp3) is 0.333. The Kier molecular flexibility index (Phi) is 7.80. The predicted octanol–water partition coefficient (Wildman–Crippen LogP) is 6.90. The fourth-order valence-electron chi connectivity index (χ4n) is 4.05. The largest absolute Gasteiger partial charge is 0.435 e. The average molecular weight is 612 g/mol. The molecule has 0 spiro atoms. The highest BCUT2D eigenvalue weighted by Gasteiger charge is 2.62. The molecule has 0 bridgehead atoms. The molecule has 40 heavy (non-hydrogen) atoms. The molecule has 4 rings (SSSR count). The van der Waals surface area contributed by atoms with Gasteiger partial charge in [-0.3, -0.25) is 14.8 Å². The predicted molar refractivity (Wildman–Crippen MR) is 131 cm³/mol. The first-order chi connectivity index (χ1) is 18.5. The molecular weight excluding hydrogens is 594 g/mol. The summed E-state index contributed by atoms with van der Waals surface area (Å²) in [5, 5.41) is 8.67. The first-order valence-electron chi connectivity index (χ1n) is 11.4. The molecule has 1 aliphatic rings. The van der Waals surface area contributed by atoms with Crippen molar-refractivity contribution in [3.8, 4) is 0 Å². The molecule has 0 saturated carbocycles. The Morgan fingerprint density at radius 3 is 2.35 bits per heavy atom. The quantitative estimate of drug-likeness (QED) is 0.243. The third-order valence-electron chi connectivity index (χ3n) is 6.15. The number of benzene rings is 2. The van der Waals surface area contributed by atoms with Crippen molar-refractivity contribution in [1.29, 1.82) is 0 Å². The van der Waals surface area contributed by atoms with Gasteiger partial charge in [0.15, 0.2) is 5.82 Å². The van der Waals surface area contributed by atoms with E-state index in [1.165, 1.54) is 32.2 Å². The van der Waals surface area contributed by atoms with Gasteiger partial charge < -0.3 is 4.84 Å². The van der Waals surface area contributed by atoms with Crippen LogP contribution in [0.3, 0.4) is 0 Å². The number of carbonyl (C=O) groups is 1. The van der Waals surface area contributed by atoms with Crippen molar-refractivity contribution >= 4 is 40.8 Å². The van der Waals surface area contributed by atoms with Crippen molar-refractivity contribution in [2.24, 2.45) is 12.2 Å². The molecule has 7 nitrogen and oxygen atoms in total. The first kappa shape index (κ1) is 29.6. The molecule has 214 valence electrons. The van der Waals surface area contributed by atoms with E-state index in [2.05, 4.69) is 20.6 Å². The number of hydrogen-bond acceptors (Lipinski definition) is 5. The van der Waals surface area contributed by atoms with E-state index >= 15 is 0 Å². The Balaban J connectivity index is 1.53. The lowest BCUT2D eigenvalue weighted by molar-refractivity contribution is -0.275. The summed E-state index contributed by atoms with van der Waals surface area (Å²) in [6.45, 7) is 1.52. The summed E-state index contributed by atoms with van der Waals surface area (Å²) in [5.41, 5.74) is -2.98. The molecule has 1 aromatic heterocycles. The van der Waals surface area contributed by atoms with E-state index in [9.17, 15) is 35.5 Å². The van der Waals surface area contributed by atoms with Gasteiger partial charge in [-0.2, -0.15) is 31.3 Å². The van der Waals surface area contributed by atoms with Crippen LogP contribution in [0.5, 0.6) is 0 Å². The molecule has 0 fully saturated rings. The van der Waals surface area contributed by atoms with Gasteiger partial charge in [0.1, 0.15) is 5.82 Å². The van der Waals surface area contributed by atoms with E-state index in [4.69, 9.17) is 28.0 Å². The summed E-state index contributed by atoms with van der Waals surface area (Å²) in [7, 11) is 1.38. The van der Waals surface area contributed by atoms with E-state index in [0.717, 1.165) is 16.8 Å². The SMILES string of the molecule is Cc1cc(C2=NOC(c3cc(Cl)c(F)c(Cl)c3)(C(F)(F)F)C2)ccc1C(=O)Nc1nc(CCC(F)(F)F)n(C)n1. The number of rotatable bonds is 6. The number of alkyl halides is 6. The van der Waals surface area contributed by atoms with Crippen molar-refractivity contribution in [3.63, 3.8) is 0 Å². The average Bonchev–Trinajstić information content (AvgIpc) is 3.44. The van der Waals surface area contributed by atoms with E-state index in [0.29, 0.717) is 5.56 Å². The Hall–Kier alpha value is -3.39. The lowest BCUT2D eigenvalue weighted by Gasteiger charge is -2.29. The highest BCUT2D eigenvalue weighted by molar-refractivity contribution is 6.35. The molecule has 1 unspecified atom stereocenters. The van der Waals surface area contributed by atoms with Gasteiger partial charge in [-0.05, 0) is 42.3 Å². The second kappa shape index (κ2) is 10.5. The highest BCUT2D eigenvalue weighted by atomic mass is 35.5. The molecule has 1 aliphatic heterocycles. The van der Waals surface area contributed by atoms with E-state index < -0.39 is 64.5 Å².